The van der Waals surface area contributed by atoms with E-state index in [0.717, 1.165) is 37.2 Å². The van der Waals surface area contributed by atoms with E-state index in [1.165, 1.54) is 18.2 Å². The molecule has 10 heteroatoms. The molecule has 31 heavy (non-hydrogen) atoms. The molecule has 1 aliphatic rings. The van der Waals surface area contributed by atoms with E-state index in [9.17, 15) is 13.2 Å². The summed E-state index contributed by atoms with van der Waals surface area (Å²) in [6.45, 7) is 2.30. The number of para-hydroxylation sites is 2. The maximum absolute atomic E-state index is 12.5. The highest BCUT2D eigenvalue weighted by Gasteiger charge is 2.32. The molecule has 1 fully saturated rings. The van der Waals surface area contributed by atoms with Crippen LogP contribution in [-0.2, 0) is 22.6 Å². The van der Waals surface area contributed by atoms with Gasteiger partial charge in [-0.05, 0) is 36.1 Å². The van der Waals surface area contributed by atoms with Gasteiger partial charge in [-0.15, -0.1) is 37.1 Å². The smallest absolute Gasteiger partial charge is 0.404 e. The van der Waals surface area contributed by atoms with Gasteiger partial charge in [0.1, 0.15) is 0 Å². The lowest BCUT2D eigenvalue weighted by Crippen LogP contribution is -2.24. The van der Waals surface area contributed by atoms with Gasteiger partial charge in [0.15, 0.2) is 11.7 Å². The van der Waals surface area contributed by atoms with Crippen LogP contribution in [0.4, 0.5) is 18.9 Å². The number of aliphatic imine (C=N–C) groups is 1. The van der Waals surface area contributed by atoms with E-state index < -0.39 is 6.36 Å². The molecule has 0 atom stereocenters. The normalized spacial score (nSPS) is 15.3. The molecule has 1 heterocycles. The van der Waals surface area contributed by atoms with Gasteiger partial charge in [0.05, 0.1) is 24.9 Å². The van der Waals surface area contributed by atoms with Gasteiger partial charge in [-0.1, -0.05) is 36.4 Å². The van der Waals surface area contributed by atoms with Crippen molar-refractivity contribution in [2.75, 3.05) is 18.5 Å². The maximum atomic E-state index is 12.5. The standard InChI is InChI=1S/C21H24F3N3O3.HI/c22-21(23,24)30-19-4-2-1-3-18(19)27-20(25)26-13-15-5-7-16(8-6-15)14-29-17-9-11-28-12-10-17;/h1-8,17H,9-14H2,(H3,25,26,27);1H. The molecular formula is C21H25F3IN3O3. The average Bonchev–Trinajstić information content (AvgIpc) is 2.73. The number of ether oxygens (including phenoxy) is 3. The van der Waals surface area contributed by atoms with Crippen LogP contribution in [0, 0.1) is 0 Å². The molecule has 0 amide bonds. The Bertz CT molecular complexity index is 842. The second kappa shape index (κ2) is 12.1. The first-order valence-electron chi connectivity index (χ1n) is 9.58. The van der Waals surface area contributed by atoms with Crippen molar-refractivity contribution in [3.8, 4) is 5.75 Å². The third-order valence-electron chi connectivity index (χ3n) is 4.48. The molecule has 2 aromatic rings. The molecule has 0 aliphatic carbocycles. The van der Waals surface area contributed by atoms with Gasteiger partial charge in [0.2, 0.25) is 0 Å². The number of halogens is 4. The highest BCUT2D eigenvalue weighted by Crippen LogP contribution is 2.29. The molecule has 0 radical (unpaired) electrons. The van der Waals surface area contributed by atoms with Crippen molar-refractivity contribution in [3.63, 3.8) is 0 Å². The van der Waals surface area contributed by atoms with E-state index in [-0.39, 0.29) is 54.0 Å². The molecule has 0 spiro atoms. The zero-order chi connectivity index (χ0) is 21.4. The Labute approximate surface area is 196 Å². The molecule has 6 nitrogen and oxygen atoms in total. The first-order valence-corrected chi connectivity index (χ1v) is 9.58. The van der Waals surface area contributed by atoms with Gasteiger partial charge in [-0.25, -0.2) is 4.99 Å². The highest BCUT2D eigenvalue weighted by atomic mass is 127. The van der Waals surface area contributed by atoms with Crippen LogP contribution in [0.5, 0.6) is 5.75 Å². The van der Waals surface area contributed by atoms with Gasteiger partial charge in [-0.2, -0.15) is 0 Å². The van der Waals surface area contributed by atoms with Crippen molar-refractivity contribution in [1.29, 1.82) is 0 Å². The number of nitrogens with two attached hydrogens (primary N) is 1. The molecule has 0 aromatic heterocycles. The summed E-state index contributed by atoms with van der Waals surface area (Å²) in [6, 6.07) is 13.4. The van der Waals surface area contributed by atoms with Crippen LogP contribution < -0.4 is 15.8 Å². The lowest BCUT2D eigenvalue weighted by atomic mass is 10.1. The van der Waals surface area contributed by atoms with Crippen LogP contribution in [0.15, 0.2) is 53.5 Å². The first kappa shape index (κ1) is 25.2. The van der Waals surface area contributed by atoms with E-state index in [4.69, 9.17) is 15.2 Å². The number of hydrogen-bond donors (Lipinski definition) is 2. The zero-order valence-electron chi connectivity index (χ0n) is 16.7. The SMILES string of the molecule is I.NC(=NCc1ccc(COC2CCOCC2)cc1)Nc1ccccc1OC(F)(F)F. The predicted molar refractivity (Wildman–Crippen MR) is 123 cm³/mol. The molecule has 3 rings (SSSR count). The summed E-state index contributed by atoms with van der Waals surface area (Å²) < 4.78 is 52.7. The van der Waals surface area contributed by atoms with Crippen molar-refractivity contribution in [3.05, 3.63) is 59.7 Å². The van der Waals surface area contributed by atoms with Crippen molar-refractivity contribution < 1.29 is 27.4 Å². The fraction of sp³-hybridized carbons (Fsp3) is 0.381. The number of benzene rings is 2. The van der Waals surface area contributed by atoms with E-state index in [1.54, 1.807) is 6.07 Å². The van der Waals surface area contributed by atoms with Crippen LogP contribution in [0.3, 0.4) is 0 Å². The van der Waals surface area contributed by atoms with Crippen molar-refractivity contribution >= 4 is 35.6 Å². The summed E-state index contributed by atoms with van der Waals surface area (Å²) in [5.74, 6) is -0.391. The second-order valence-electron chi connectivity index (χ2n) is 6.81. The minimum atomic E-state index is -4.79. The quantitative estimate of drug-likeness (QED) is 0.293. The number of rotatable bonds is 7. The Morgan fingerprint density at radius 1 is 1.06 bits per heavy atom. The van der Waals surface area contributed by atoms with Gasteiger partial charge in [0.25, 0.3) is 0 Å². The van der Waals surface area contributed by atoms with Crippen LogP contribution >= 0.6 is 24.0 Å². The summed E-state index contributed by atoms with van der Waals surface area (Å²) >= 11 is 0. The summed E-state index contributed by atoms with van der Waals surface area (Å²) in [5, 5.41) is 2.64. The number of anilines is 1. The molecule has 3 N–H and O–H groups in total. The molecule has 0 saturated carbocycles. The predicted octanol–water partition coefficient (Wildman–Crippen LogP) is 4.83. The minimum Gasteiger partial charge on any atom is -0.404 e. The molecule has 1 saturated heterocycles. The first-order chi connectivity index (χ1) is 14.4. The Balaban J connectivity index is 0.00000341. The number of guanidine groups is 1. The molecule has 0 bridgehead atoms. The molecule has 2 aromatic carbocycles. The average molecular weight is 551 g/mol. The Morgan fingerprint density at radius 3 is 2.39 bits per heavy atom. The Kier molecular flexibility index (Phi) is 9.85. The van der Waals surface area contributed by atoms with Gasteiger partial charge < -0.3 is 25.3 Å². The second-order valence-corrected chi connectivity index (χ2v) is 6.81. The fourth-order valence-corrected chi connectivity index (χ4v) is 2.94. The maximum Gasteiger partial charge on any atom is 0.573 e. The van der Waals surface area contributed by atoms with E-state index in [0.29, 0.717) is 6.61 Å². The van der Waals surface area contributed by atoms with Gasteiger partial charge in [0, 0.05) is 13.2 Å². The fourth-order valence-electron chi connectivity index (χ4n) is 2.94. The van der Waals surface area contributed by atoms with E-state index >= 15 is 0 Å². The summed E-state index contributed by atoms with van der Waals surface area (Å²) in [5.41, 5.74) is 7.86. The van der Waals surface area contributed by atoms with Gasteiger partial charge >= 0.3 is 6.36 Å². The summed E-state index contributed by atoms with van der Waals surface area (Å²) in [7, 11) is 0. The van der Waals surface area contributed by atoms with E-state index in [1.807, 2.05) is 24.3 Å². The third-order valence-corrected chi connectivity index (χ3v) is 4.48. The summed E-state index contributed by atoms with van der Waals surface area (Å²) in [6.07, 6.45) is -2.73. The monoisotopic (exact) mass is 551 g/mol. The number of hydrogen-bond acceptors (Lipinski definition) is 4. The van der Waals surface area contributed by atoms with E-state index in [2.05, 4.69) is 15.0 Å². The molecule has 1 aliphatic heterocycles. The third kappa shape index (κ3) is 8.91. The number of nitrogens with one attached hydrogen (secondary N) is 1. The lowest BCUT2D eigenvalue weighted by molar-refractivity contribution is -0.274. The van der Waals surface area contributed by atoms with Crippen LogP contribution in [0.1, 0.15) is 24.0 Å². The van der Waals surface area contributed by atoms with Crippen LogP contribution in [0.2, 0.25) is 0 Å². The molecular weight excluding hydrogens is 526 g/mol. The van der Waals surface area contributed by atoms with Crippen molar-refractivity contribution in [2.24, 2.45) is 10.7 Å². The number of alkyl halides is 3. The lowest BCUT2D eigenvalue weighted by Gasteiger charge is -2.22. The Hall–Kier alpha value is -2.05. The van der Waals surface area contributed by atoms with Crippen LogP contribution in [-0.4, -0.2) is 31.6 Å². The van der Waals surface area contributed by atoms with Crippen molar-refractivity contribution in [2.45, 2.75) is 38.5 Å². The van der Waals surface area contributed by atoms with Crippen molar-refractivity contribution in [1.82, 2.24) is 0 Å². The number of nitrogens with zero attached hydrogens (tertiary/aromatic N) is 1. The minimum absolute atomic E-state index is 0. The largest absolute Gasteiger partial charge is 0.573 e. The van der Waals surface area contributed by atoms with Gasteiger partial charge in [-0.3, -0.25) is 0 Å². The molecule has 0 unspecified atom stereocenters. The topological polar surface area (TPSA) is 78.1 Å². The Morgan fingerprint density at radius 2 is 1.71 bits per heavy atom. The highest BCUT2D eigenvalue weighted by molar-refractivity contribution is 14.0. The zero-order valence-corrected chi connectivity index (χ0v) is 19.1. The van der Waals surface area contributed by atoms with Crippen LogP contribution in [0.25, 0.3) is 0 Å². The summed E-state index contributed by atoms with van der Waals surface area (Å²) in [4.78, 5) is 4.18. The molecule has 170 valence electrons.